The third-order valence-corrected chi connectivity index (χ3v) is 4.34. The van der Waals surface area contributed by atoms with Crippen molar-refractivity contribution >= 4 is 11.9 Å². The number of carboxylic acid groups (broad SMARTS) is 1. The molecule has 0 radical (unpaired) electrons. The lowest BCUT2D eigenvalue weighted by Gasteiger charge is -2.33. The summed E-state index contributed by atoms with van der Waals surface area (Å²) in [4.78, 5) is 24.7. The molecule has 0 aliphatic carbocycles. The molecule has 0 bridgehead atoms. The molecule has 2 N–H and O–H groups in total. The summed E-state index contributed by atoms with van der Waals surface area (Å²) in [5, 5.41) is 12.8. The van der Waals surface area contributed by atoms with E-state index in [9.17, 15) is 14.7 Å². The molecule has 1 aromatic carbocycles. The Balaban J connectivity index is 2.85. The fourth-order valence-corrected chi connectivity index (χ4v) is 3.21. The highest BCUT2D eigenvalue weighted by Crippen LogP contribution is 2.43. The number of rotatable bonds is 7. The molecule has 0 aromatic heterocycles. The Hall–Kier alpha value is -2.84. The summed E-state index contributed by atoms with van der Waals surface area (Å²) in [6.07, 6.45) is -0.915. The summed E-state index contributed by atoms with van der Waals surface area (Å²) in [7, 11) is 5.54. The predicted octanol–water partition coefficient (Wildman–Crippen LogP) is 1.79. The zero-order chi connectivity index (χ0) is 20.1. The maximum Gasteiger partial charge on any atom is 0.336 e. The van der Waals surface area contributed by atoms with Gasteiger partial charge in [0.25, 0.3) is 0 Å². The zero-order valence-corrected chi connectivity index (χ0v) is 15.9. The Kier molecular flexibility index (Phi) is 6.59. The van der Waals surface area contributed by atoms with Crippen LogP contribution < -0.4 is 10.1 Å². The van der Waals surface area contributed by atoms with Crippen LogP contribution in [0.4, 0.5) is 0 Å². The van der Waals surface area contributed by atoms with E-state index in [1.807, 2.05) is 0 Å². The van der Waals surface area contributed by atoms with Gasteiger partial charge in [-0.05, 0) is 13.0 Å². The number of esters is 1. The van der Waals surface area contributed by atoms with Crippen LogP contribution in [0.5, 0.6) is 5.75 Å². The Morgan fingerprint density at radius 1 is 1.07 bits per heavy atom. The molecular formula is C19H23NO7. The Morgan fingerprint density at radius 2 is 1.70 bits per heavy atom. The van der Waals surface area contributed by atoms with Crippen LogP contribution >= 0.6 is 0 Å². The average Bonchev–Trinajstić information content (AvgIpc) is 2.67. The Morgan fingerprint density at radius 3 is 2.22 bits per heavy atom. The molecule has 0 saturated carbocycles. The number of ether oxygens (including phenoxy) is 4. The van der Waals surface area contributed by atoms with Gasteiger partial charge >= 0.3 is 11.9 Å². The van der Waals surface area contributed by atoms with Crippen molar-refractivity contribution in [2.45, 2.75) is 19.1 Å². The largest absolute Gasteiger partial charge is 0.496 e. The van der Waals surface area contributed by atoms with Gasteiger partial charge in [-0.15, -0.1) is 0 Å². The molecule has 1 heterocycles. The standard InChI is InChI=1S/C19H23NO7/c1-10-13(17(21)22)14(11-8-6-7-9-12(11)24-2)15(18(23)25-3)16(20-10)19(26-4)27-5/h6-9,14,19-20H,1-5H3,(H,21,22). The molecule has 1 aliphatic heterocycles. The number of methoxy groups -OCH3 is 4. The van der Waals surface area contributed by atoms with Crippen LogP contribution in [0.25, 0.3) is 0 Å². The lowest BCUT2D eigenvalue weighted by molar-refractivity contribution is -0.137. The number of carbonyl (C=O) groups is 2. The number of carboxylic acids is 1. The van der Waals surface area contributed by atoms with E-state index in [4.69, 9.17) is 18.9 Å². The topological polar surface area (TPSA) is 103 Å². The molecule has 0 fully saturated rings. The second kappa shape index (κ2) is 8.70. The van der Waals surface area contributed by atoms with Gasteiger partial charge in [-0.1, -0.05) is 18.2 Å². The van der Waals surface area contributed by atoms with Gasteiger partial charge in [0.1, 0.15) is 5.75 Å². The van der Waals surface area contributed by atoms with Gasteiger partial charge in [0.15, 0.2) is 6.29 Å². The van der Waals surface area contributed by atoms with Gasteiger partial charge < -0.3 is 29.4 Å². The molecule has 1 aliphatic rings. The summed E-state index contributed by atoms with van der Waals surface area (Å²) in [5.41, 5.74) is 1.25. The minimum Gasteiger partial charge on any atom is -0.496 e. The van der Waals surface area contributed by atoms with E-state index in [0.29, 0.717) is 17.0 Å². The number of para-hydroxylation sites is 1. The van der Waals surface area contributed by atoms with Crippen LogP contribution in [0, 0.1) is 0 Å². The second-order valence-corrected chi connectivity index (χ2v) is 5.77. The van der Waals surface area contributed by atoms with E-state index < -0.39 is 24.1 Å². The number of aliphatic carboxylic acids is 1. The quantitative estimate of drug-likeness (QED) is 0.548. The molecule has 8 heteroatoms. The molecule has 2 rings (SSSR count). The SMILES string of the molecule is COC(=O)C1=C(C(OC)OC)NC(C)=C(C(=O)O)C1c1ccccc1OC. The second-order valence-electron chi connectivity index (χ2n) is 5.77. The van der Waals surface area contributed by atoms with Crippen molar-refractivity contribution in [2.75, 3.05) is 28.4 Å². The summed E-state index contributed by atoms with van der Waals surface area (Å²) >= 11 is 0. The Labute approximate surface area is 157 Å². The molecule has 0 saturated heterocycles. The lowest BCUT2D eigenvalue weighted by atomic mass is 9.79. The molecule has 8 nitrogen and oxygen atoms in total. The summed E-state index contributed by atoms with van der Waals surface area (Å²) in [6, 6.07) is 6.91. The van der Waals surface area contributed by atoms with Crippen LogP contribution in [0.3, 0.4) is 0 Å². The van der Waals surface area contributed by atoms with E-state index in [2.05, 4.69) is 5.32 Å². The first-order valence-electron chi connectivity index (χ1n) is 8.13. The molecule has 146 valence electrons. The Bertz CT molecular complexity index is 793. The minimum absolute atomic E-state index is 0.00889. The maximum atomic E-state index is 12.7. The van der Waals surface area contributed by atoms with Gasteiger partial charge in [0, 0.05) is 25.5 Å². The molecule has 1 atom stereocenters. The number of hydrogen-bond acceptors (Lipinski definition) is 7. The van der Waals surface area contributed by atoms with Crippen LogP contribution in [0.1, 0.15) is 18.4 Å². The number of carbonyl (C=O) groups excluding carboxylic acids is 1. The van der Waals surface area contributed by atoms with E-state index in [1.165, 1.54) is 28.4 Å². The molecular weight excluding hydrogens is 354 g/mol. The highest BCUT2D eigenvalue weighted by Gasteiger charge is 2.41. The lowest BCUT2D eigenvalue weighted by Crippen LogP contribution is -2.38. The van der Waals surface area contributed by atoms with E-state index in [-0.39, 0.29) is 16.8 Å². The van der Waals surface area contributed by atoms with Crippen molar-refractivity contribution in [3.63, 3.8) is 0 Å². The number of hydrogen-bond donors (Lipinski definition) is 2. The molecule has 1 unspecified atom stereocenters. The van der Waals surface area contributed by atoms with Crippen molar-refractivity contribution in [1.29, 1.82) is 0 Å². The van der Waals surface area contributed by atoms with Gasteiger partial charge in [-0.3, -0.25) is 0 Å². The van der Waals surface area contributed by atoms with E-state index in [1.54, 1.807) is 31.2 Å². The van der Waals surface area contributed by atoms with Gasteiger partial charge in [0.2, 0.25) is 0 Å². The first kappa shape index (κ1) is 20.5. The van der Waals surface area contributed by atoms with Crippen LogP contribution in [-0.4, -0.2) is 51.8 Å². The predicted molar refractivity (Wildman–Crippen MR) is 96.1 cm³/mol. The van der Waals surface area contributed by atoms with Crippen molar-refractivity contribution < 1.29 is 33.6 Å². The van der Waals surface area contributed by atoms with Gasteiger partial charge in [-0.2, -0.15) is 0 Å². The number of nitrogens with one attached hydrogen (secondary N) is 1. The number of benzene rings is 1. The van der Waals surface area contributed by atoms with Crippen molar-refractivity contribution in [3.05, 3.63) is 52.4 Å². The van der Waals surface area contributed by atoms with Gasteiger partial charge in [-0.25, -0.2) is 9.59 Å². The monoisotopic (exact) mass is 377 g/mol. The van der Waals surface area contributed by atoms with Crippen LogP contribution in [0.2, 0.25) is 0 Å². The van der Waals surface area contributed by atoms with E-state index >= 15 is 0 Å². The van der Waals surface area contributed by atoms with Crippen LogP contribution in [0.15, 0.2) is 46.8 Å². The highest BCUT2D eigenvalue weighted by atomic mass is 16.7. The number of dihydropyridines is 1. The van der Waals surface area contributed by atoms with Crippen LogP contribution in [-0.2, 0) is 23.8 Å². The molecule has 1 aromatic rings. The first-order valence-corrected chi connectivity index (χ1v) is 8.13. The fourth-order valence-electron chi connectivity index (χ4n) is 3.21. The fraction of sp³-hybridized carbons (Fsp3) is 0.368. The highest BCUT2D eigenvalue weighted by molar-refractivity contribution is 5.99. The number of allylic oxidation sites excluding steroid dienone is 1. The van der Waals surface area contributed by atoms with Gasteiger partial charge in [0.05, 0.1) is 37.0 Å². The third-order valence-electron chi connectivity index (χ3n) is 4.34. The molecule has 27 heavy (non-hydrogen) atoms. The smallest absolute Gasteiger partial charge is 0.336 e. The summed E-state index contributed by atoms with van der Waals surface area (Å²) in [6.45, 7) is 1.61. The minimum atomic E-state index is -1.16. The first-order chi connectivity index (χ1) is 12.9. The summed E-state index contributed by atoms with van der Waals surface area (Å²) < 4.78 is 20.9. The molecule has 0 amide bonds. The van der Waals surface area contributed by atoms with Crippen molar-refractivity contribution in [3.8, 4) is 5.75 Å². The third kappa shape index (κ3) is 3.81. The summed E-state index contributed by atoms with van der Waals surface area (Å²) in [5.74, 6) is -2.35. The maximum absolute atomic E-state index is 12.7. The molecule has 0 spiro atoms. The van der Waals surface area contributed by atoms with Crippen molar-refractivity contribution in [2.24, 2.45) is 0 Å². The van der Waals surface area contributed by atoms with E-state index in [0.717, 1.165) is 0 Å². The average molecular weight is 377 g/mol. The zero-order valence-electron chi connectivity index (χ0n) is 15.9. The normalized spacial score (nSPS) is 17.0. The van der Waals surface area contributed by atoms with Crippen molar-refractivity contribution in [1.82, 2.24) is 5.32 Å².